The molecule has 0 amide bonds. The van der Waals surface area contributed by atoms with E-state index in [9.17, 15) is 9.59 Å². The summed E-state index contributed by atoms with van der Waals surface area (Å²) in [6, 6.07) is 0. The normalized spacial score (nSPS) is 20.5. The summed E-state index contributed by atoms with van der Waals surface area (Å²) in [6.07, 6.45) is 2.83. The van der Waals surface area contributed by atoms with Gasteiger partial charge in [-0.1, -0.05) is 12.2 Å². The zero-order valence-corrected chi connectivity index (χ0v) is 9.23. The summed E-state index contributed by atoms with van der Waals surface area (Å²) in [7, 11) is 0. The van der Waals surface area contributed by atoms with Crippen LogP contribution in [0.15, 0.2) is 23.3 Å². The molecular weight excluding hydrogens is 212 g/mol. The average molecular weight is 226 g/mol. The number of esters is 1. The minimum Gasteiger partial charge on any atom is -0.478 e. The molecule has 1 rings (SSSR count). The Hall–Kier alpha value is -1.62. The monoisotopic (exact) mass is 226 g/mol. The van der Waals surface area contributed by atoms with Gasteiger partial charge in [-0.2, -0.15) is 0 Å². The van der Waals surface area contributed by atoms with E-state index in [0.29, 0.717) is 12.2 Å². The molecule has 1 N–H and O–H groups in total. The van der Waals surface area contributed by atoms with Crippen molar-refractivity contribution in [3.8, 4) is 0 Å². The number of hydrogen-bond acceptors (Lipinski definition) is 4. The van der Waals surface area contributed by atoms with Gasteiger partial charge in [-0.3, -0.25) is 0 Å². The quantitative estimate of drug-likeness (QED) is 0.326. The molecule has 1 atom stereocenters. The summed E-state index contributed by atoms with van der Waals surface area (Å²) in [5.41, 5.74) is 0.527. The van der Waals surface area contributed by atoms with Crippen LogP contribution in [0.2, 0.25) is 0 Å². The number of allylic oxidation sites excluding steroid dienone is 2. The summed E-state index contributed by atoms with van der Waals surface area (Å²) in [4.78, 5) is 21.8. The molecule has 0 spiro atoms. The molecule has 88 valence electrons. The number of hydrogen-bond donors (Lipinski definition) is 1. The zero-order chi connectivity index (χ0) is 12.1. The molecule has 0 aliphatic carbocycles. The van der Waals surface area contributed by atoms with Gasteiger partial charge in [-0.05, 0) is 13.8 Å². The SMILES string of the molecule is CC(=CC=C(C)C(=O)OCC1CO1)C(=O)O. The number of aliphatic carboxylic acids is 1. The predicted molar refractivity (Wildman–Crippen MR) is 55.8 cm³/mol. The predicted octanol–water partition coefficient (Wildman–Crippen LogP) is 0.906. The highest BCUT2D eigenvalue weighted by Gasteiger charge is 2.24. The van der Waals surface area contributed by atoms with E-state index in [0.717, 1.165) is 0 Å². The summed E-state index contributed by atoms with van der Waals surface area (Å²) < 4.78 is 9.79. The maximum absolute atomic E-state index is 11.3. The molecule has 0 aromatic rings. The number of epoxide rings is 1. The molecule has 0 bridgehead atoms. The summed E-state index contributed by atoms with van der Waals surface area (Å²) >= 11 is 0. The van der Waals surface area contributed by atoms with Crippen LogP contribution in [0.1, 0.15) is 13.8 Å². The number of carboxylic acid groups (broad SMARTS) is 1. The molecule has 1 saturated heterocycles. The average Bonchev–Trinajstić information content (AvgIpc) is 3.05. The third kappa shape index (κ3) is 4.27. The lowest BCUT2D eigenvalue weighted by molar-refractivity contribution is -0.139. The van der Waals surface area contributed by atoms with Crippen molar-refractivity contribution in [2.45, 2.75) is 20.0 Å². The van der Waals surface area contributed by atoms with Crippen LogP contribution in [0.5, 0.6) is 0 Å². The van der Waals surface area contributed by atoms with Gasteiger partial charge < -0.3 is 14.6 Å². The van der Waals surface area contributed by atoms with E-state index in [1.54, 1.807) is 6.92 Å². The van der Waals surface area contributed by atoms with E-state index in [-0.39, 0.29) is 18.3 Å². The van der Waals surface area contributed by atoms with Crippen LogP contribution in [0.4, 0.5) is 0 Å². The van der Waals surface area contributed by atoms with Crippen molar-refractivity contribution in [1.82, 2.24) is 0 Å². The highest BCUT2D eigenvalue weighted by atomic mass is 16.6. The molecule has 0 saturated carbocycles. The number of carbonyl (C=O) groups excluding carboxylic acids is 1. The first-order valence-electron chi connectivity index (χ1n) is 4.88. The first kappa shape index (κ1) is 12.4. The van der Waals surface area contributed by atoms with Crippen LogP contribution in [0, 0.1) is 0 Å². The number of rotatable bonds is 5. The van der Waals surface area contributed by atoms with Crippen LogP contribution in [0.25, 0.3) is 0 Å². The van der Waals surface area contributed by atoms with Crippen molar-refractivity contribution in [2.24, 2.45) is 0 Å². The molecule has 1 aliphatic rings. The van der Waals surface area contributed by atoms with Gasteiger partial charge in [0.25, 0.3) is 0 Å². The molecule has 0 radical (unpaired) electrons. The molecule has 1 heterocycles. The molecule has 0 aromatic heterocycles. The highest BCUT2D eigenvalue weighted by molar-refractivity contribution is 5.89. The lowest BCUT2D eigenvalue weighted by Crippen LogP contribution is -2.10. The second-order valence-corrected chi connectivity index (χ2v) is 3.56. The van der Waals surface area contributed by atoms with Gasteiger partial charge in [-0.15, -0.1) is 0 Å². The third-order valence-corrected chi connectivity index (χ3v) is 2.05. The Labute approximate surface area is 93.3 Å². The van der Waals surface area contributed by atoms with Crippen molar-refractivity contribution in [2.75, 3.05) is 13.2 Å². The van der Waals surface area contributed by atoms with E-state index in [1.807, 2.05) is 0 Å². The van der Waals surface area contributed by atoms with Crippen LogP contribution in [-0.4, -0.2) is 36.4 Å². The van der Waals surface area contributed by atoms with Crippen LogP contribution < -0.4 is 0 Å². The van der Waals surface area contributed by atoms with Crippen LogP contribution in [-0.2, 0) is 19.1 Å². The lowest BCUT2D eigenvalue weighted by atomic mass is 10.2. The number of ether oxygens (including phenoxy) is 2. The van der Waals surface area contributed by atoms with Gasteiger partial charge in [0.2, 0.25) is 0 Å². The Morgan fingerprint density at radius 1 is 1.38 bits per heavy atom. The zero-order valence-electron chi connectivity index (χ0n) is 9.23. The summed E-state index contributed by atoms with van der Waals surface area (Å²) in [5, 5.41) is 8.59. The van der Waals surface area contributed by atoms with Gasteiger partial charge >= 0.3 is 11.9 Å². The third-order valence-electron chi connectivity index (χ3n) is 2.05. The molecule has 5 nitrogen and oxygen atoms in total. The van der Waals surface area contributed by atoms with E-state index < -0.39 is 11.9 Å². The van der Waals surface area contributed by atoms with Gasteiger partial charge in [0.15, 0.2) is 0 Å². The smallest absolute Gasteiger partial charge is 0.333 e. The first-order chi connectivity index (χ1) is 7.50. The lowest BCUT2D eigenvalue weighted by Gasteiger charge is -2.01. The maximum Gasteiger partial charge on any atom is 0.333 e. The molecule has 1 fully saturated rings. The Morgan fingerprint density at radius 3 is 2.44 bits per heavy atom. The standard InChI is InChI=1S/C11H14O5/c1-7(10(12)13)3-4-8(2)11(14)16-6-9-5-15-9/h3-4,9H,5-6H2,1-2H3,(H,12,13). The number of carbonyl (C=O) groups is 2. The Morgan fingerprint density at radius 2 is 1.94 bits per heavy atom. The van der Waals surface area contributed by atoms with E-state index in [2.05, 4.69) is 0 Å². The van der Waals surface area contributed by atoms with Gasteiger partial charge in [0, 0.05) is 11.1 Å². The molecule has 16 heavy (non-hydrogen) atoms. The van der Waals surface area contributed by atoms with Crippen LogP contribution in [0.3, 0.4) is 0 Å². The fraction of sp³-hybridized carbons (Fsp3) is 0.455. The van der Waals surface area contributed by atoms with Gasteiger partial charge in [0.05, 0.1) is 6.61 Å². The minimum atomic E-state index is -1.01. The molecule has 0 aromatic carbocycles. The van der Waals surface area contributed by atoms with E-state index in [4.69, 9.17) is 14.6 Å². The molecule has 1 aliphatic heterocycles. The van der Waals surface area contributed by atoms with Crippen molar-refractivity contribution < 1.29 is 24.2 Å². The fourth-order valence-electron chi connectivity index (χ4n) is 0.836. The van der Waals surface area contributed by atoms with Crippen LogP contribution >= 0.6 is 0 Å². The second-order valence-electron chi connectivity index (χ2n) is 3.56. The van der Waals surface area contributed by atoms with Crippen molar-refractivity contribution in [3.05, 3.63) is 23.3 Å². The molecule has 5 heteroatoms. The van der Waals surface area contributed by atoms with Crippen molar-refractivity contribution in [3.63, 3.8) is 0 Å². The van der Waals surface area contributed by atoms with Gasteiger partial charge in [0.1, 0.15) is 12.7 Å². The maximum atomic E-state index is 11.3. The van der Waals surface area contributed by atoms with E-state index >= 15 is 0 Å². The highest BCUT2D eigenvalue weighted by Crippen LogP contribution is 2.10. The molecule has 1 unspecified atom stereocenters. The first-order valence-corrected chi connectivity index (χ1v) is 4.88. The fourth-order valence-corrected chi connectivity index (χ4v) is 0.836. The van der Waals surface area contributed by atoms with Crippen molar-refractivity contribution in [1.29, 1.82) is 0 Å². The Bertz CT molecular complexity index is 349. The number of carboxylic acids is 1. The second kappa shape index (κ2) is 5.46. The molecular formula is C11H14O5. The topological polar surface area (TPSA) is 76.1 Å². The largest absolute Gasteiger partial charge is 0.478 e. The summed E-state index contributed by atoms with van der Waals surface area (Å²) in [6.45, 7) is 3.91. The minimum absolute atomic E-state index is 0.0352. The Balaban J connectivity index is 2.44. The Kier molecular flexibility index (Phi) is 4.25. The van der Waals surface area contributed by atoms with Gasteiger partial charge in [-0.25, -0.2) is 9.59 Å². The summed E-state index contributed by atoms with van der Waals surface area (Å²) in [5.74, 6) is -1.46. The van der Waals surface area contributed by atoms with E-state index in [1.165, 1.54) is 19.1 Å². The van der Waals surface area contributed by atoms with Crippen molar-refractivity contribution >= 4 is 11.9 Å².